The fourth-order valence-electron chi connectivity index (χ4n) is 3.65. The summed E-state index contributed by atoms with van der Waals surface area (Å²) in [6.45, 7) is 5.99. The van der Waals surface area contributed by atoms with E-state index in [1.165, 1.54) is 11.4 Å². The Labute approximate surface area is 223 Å². The first-order valence-corrected chi connectivity index (χ1v) is 14.6. The molecule has 0 aliphatic carbocycles. The third-order valence-electron chi connectivity index (χ3n) is 5.94. The predicted molar refractivity (Wildman–Crippen MR) is 146 cm³/mol. The molecule has 8 nitrogen and oxygen atoms in total. The minimum absolute atomic E-state index is 0.00578. The van der Waals surface area contributed by atoms with Crippen LogP contribution in [0.25, 0.3) is 0 Å². The third-order valence-corrected chi connectivity index (χ3v) is 7.65. The SMILES string of the molecule is CC[C@@H](C)NC(=O)[C@@H](C)N(Cc1ccc(Br)cc1)C(=O)CCCN(c1ccccc1OC)S(C)(=O)=O. The summed E-state index contributed by atoms with van der Waals surface area (Å²) < 4.78 is 32.5. The van der Waals surface area contributed by atoms with Gasteiger partial charge in [-0.3, -0.25) is 13.9 Å². The van der Waals surface area contributed by atoms with Gasteiger partial charge in [0.1, 0.15) is 11.8 Å². The molecule has 0 unspecified atom stereocenters. The molecule has 2 aromatic carbocycles. The van der Waals surface area contributed by atoms with Crippen molar-refractivity contribution in [3.8, 4) is 5.75 Å². The number of anilines is 1. The van der Waals surface area contributed by atoms with Gasteiger partial charge in [0, 0.05) is 30.0 Å². The van der Waals surface area contributed by atoms with Crippen LogP contribution in [-0.2, 0) is 26.2 Å². The number of benzene rings is 2. The molecule has 198 valence electrons. The number of hydrogen-bond donors (Lipinski definition) is 1. The van der Waals surface area contributed by atoms with Crippen molar-refractivity contribution in [2.24, 2.45) is 0 Å². The fraction of sp³-hybridized carbons (Fsp3) is 0.462. The number of amides is 2. The Morgan fingerprint density at radius 3 is 2.31 bits per heavy atom. The molecular formula is C26H36BrN3O5S. The van der Waals surface area contributed by atoms with Crippen LogP contribution in [0.3, 0.4) is 0 Å². The van der Waals surface area contributed by atoms with E-state index in [0.717, 1.165) is 22.7 Å². The third kappa shape index (κ3) is 8.51. The lowest BCUT2D eigenvalue weighted by molar-refractivity contribution is -0.140. The molecule has 0 saturated carbocycles. The lowest BCUT2D eigenvalue weighted by Crippen LogP contribution is -2.49. The van der Waals surface area contributed by atoms with E-state index in [-0.39, 0.29) is 43.8 Å². The average Bonchev–Trinajstić information content (AvgIpc) is 2.84. The molecular weight excluding hydrogens is 546 g/mol. The van der Waals surface area contributed by atoms with Gasteiger partial charge in [-0.15, -0.1) is 0 Å². The van der Waals surface area contributed by atoms with Gasteiger partial charge in [-0.05, 0) is 56.5 Å². The summed E-state index contributed by atoms with van der Waals surface area (Å²) in [6, 6.07) is 13.7. The van der Waals surface area contributed by atoms with Crippen molar-refractivity contribution in [2.75, 3.05) is 24.2 Å². The number of methoxy groups -OCH3 is 1. The van der Waals surface area contributed by atoms with Crippen LogP contribution in [0.15, 0.2) is 53.0 Å². The molecule has 2 aromatic rings. The van der Waals surface area contributed by atoms with Crippen molar-refractivity contribution in [3.05, 3.63) is 58.6 Å². The van der Waals surface area contributed by atoms with Crippen molar-refractivity contribution in [2.45, 2.75) is 58.7 Å². The number of halogens is 1. The van der Waals surface area contributed by atoms with Crippen molar-refractivity contribution >= 4 is 43.5 Å². The molecule has 0 saturated heterocycles. The molecule has 2 atom stereocenters. The van der Waals surface area contributed by atoms with E-state index in [2.05, 4.69) is 21.2 Å². The molecule has 0 fully saturated rings. The summed E-state index contributed by atoms with van der Waals surface area (Å²) in [4.78, 5) is 27.8. The first kappa shape index (κ1) is 29.6. The molecule has 0 aliphatic heterocycles. The largest absolute Gasteiger partial charge is 0.495 e. The average molecular weight is 583 g/mol. The van der Waals surface area contributed by atoms with Crippen molar-refractivity contribution in [1.29, 1.82) is 0 Å². The van der Waals surface area contributed by atoms with Gasteiger partial charge in [-0.25, -0.2) is 8.42 Å². The van der Waals surface area contributed by atoms with Crippen molar-refractivity contribution < 1.29 is 22.7 Å². The van der Waals surface area contributed by atoms with Gasteiger partial charge >= 0.3 is 0 Å². The monoisotopic (exact) mass is 581 g/mol. The number of carbonyl (C=O) groups excluding carboxylic acids is 2. The topological polar surface area (TPSA) is 96.0 Å². The number of sulfonamides is 1. The number of hydrogen-bond acceptors (Lipinski definition) is 5. The Bertz CT molecular complexity index is 1120. The van der Waals surface area contributed by atoms with Crippen LogP contribution in [0, 0.1) is 0 Å². The highest BCUT2D eigenvalue weighted by atomic mass is 79.9. The minimum atomic E-state index is -3.61. The first-order valence-electron chi connectivity index (χ1n) is 11.9. The van der Waals surface area contributed by atoms with E-state index in [0.29, 0.717) is 11.4 Å². The number of ether oxygens (including phenoxy) is 1. The van der Waals surface area contributed by atoms with E-state index in [4.69, 9.17) is 4.74 Å². The molecule has 36 heavy (non-hydrogen) atoms. The Morgan fingerprint density at radius 2 is 1.72 bits per heavy atom. The van der Waals surface area contributed by atoms with Crippen LogP contribution in [0.4, 0.5) is 5.69 Å². The van der Waals surface area contributed by atoms with Crippen LogP contribution >= 0.6 is 15.9 Å². The van der Waals surface area contributed by atoms with Gasteiger partial charge in [0.05, 0.1) is 19.1 Å². The van der Waals surface area contributed by atoms with E-state index in [1.54, 1.807) is 36.1 Å². The van der Waals surface area contributed by atoms with Crippen LogP contribution in [-0.4, -0.2) is 57.1 Å². The second-order valence-corrected chi connectivity index (χ2v) is 11.6. The van der Waals surface area contributed by atoms with Crippen LogP contribution in [0.5, 0.6) is 5.75 Å². The summed E-state index contributed by atoms with van der Waals surface area (Å²) in [5.74, 6) is -0.0127. The van der Waals surface area contributed by atoms with E-state index in [1.807, 2.05) is 38.1 Å². The Kier molecular flexibility index (Phi) is 11.2. The van der Waals surface area contributed by atoms with Crippen LogP contribution < -0.4 is 14.4 Å². The Hall–Kier alpha value is -2.59. The highest BCUT2D eigenvalue weighted by Gasteiger charge is 2.27. The summed E-state index contributed by atoms with van der Waals surface area (Å²) in [6.07, 6.45) is 2.27. The Balaban J connectivity index is 2.19. The molecule has 0 heterocycles. The summed E-state index contributed by atoms with van der Waals surface area (Å²) in [5.41, 5.74) is 1.31. The molecule has 2 rings (SSSR count). The van der Waals surface area contributed by atoms with Gasteiger partial charge in [0.25, 0.3) is 0 Å². The smallest absolute Gasteiger partial charge is 0.242 e. The maximum Gasteiger partial charge on any atom is 0.242 e. The number of rotatable bonds is 13. The predicted octanol–water partition coefficient (Wildman–Crippen LogP) is 4.34. The molecule has 0 radical (unpaired) electrons. The maximum atomic E-state index is 13.4. The number of nitrogens with zero attached hydrogens (tertiary/aromatic N) is 2. The summed E-state index contributed by atoms with van der Waals surface area (Å²) in [5, 5.41) is 2.95. The maximum absolute atomic E-state index is 13.4. The van der Waals surface area contributed by atoms with Crippen molar-refractivity contribution in [3.63, 3.8) is 0 Å². The molecule has 2 amide bonds. The molecule has 1 N–H and O–H groups in total. The van der Waals surface area contributed by atoms with Gasteiger partial charge < -0.3 is 15.0 Å². The van der Waals surface area contributed by atoms with Crippen LogP contribution in [0.1, 0.15) is 45.6 Å². The normalized spacial score (nSPS) is 12.9. The number of nitrogens with one attached hydrogen (secondary N) is 1. The van der Waals surface area contributed by atoms with Crippen molar-refractivity contribution in [1.82, 2.24) is 10.2 Å². The standard InChI is InChI=1S/C26H36BrN3O5S/c1-6-19(2)28-26(32)20(3)29(18-21-13-15-22(27)16-14-21)25(31)12-9-17-30(36(5,33)34)23-10-7-8-11-24(23)35-4/h7-8,10-11,13-16,19-20H,6,9,12,17-18H2,1-5H3,(H,28,32)/t19-,20-/m1/s1. The molecule has 0 aliphatic rings. The minimum Gasteiger partial charge on any atom is -0.495 e. The van der Waals surface area contributed by atoms with E-state index < -0.39 is 16.1 Å². The van der Waals surface area contributed by atoms with Gasteiger partial charge in [-0.2, -0.15) is 0 Å². The zero-order valence-corrected chi connectivity index (χ0v) is 23.9. The highest BCUT2D eigenvalue weighted by molar-refractivity contribution is 9.10. The lowest BCUT2D eigenvalue weighted by atomic mass is 10.1. The molecule has 0 bridgehead atoms. The highest BCUT2D eigenvalue weighted by Crippen LogP contribution is 2.29. The second-order valence-electron chi connectivity index (χ2n) is 8.75. The second kappa shape index (κ2) is 13.6. The van der Waals surface area contributed by atoms with Gasteiger partial charge in [-0.1, -0.05) is 47.1 Å². The molecule has 0 aromatic heterocycles. The first-order chi connectivity index (χ1) is 17.0. The number of carbonyl (C=O) groups is 2. The summed E-state index contributed by atoms with van der Waals surface area (Å²) in [7, 11) is -2.13. The summed E-state index contributed by atoms with van der Waals surface area (Å²) >= 11 is 3.41. The zero-order chi connectivity index (χ0) is 26.9. The fourth-order valence-corrected chi connectivity index (χ4v) is 4.89. The van der Waals surface area contributed by atoms with Gasteiger partial charge in [0.2, 0.25) is 21.8 Å². The van der Waals surface area contributed by atoms with Gasteiger partial charge in [0.15, 0.2) is 0 Å². The number of para-hydroxylation sites is 2. The lowest BCUT2D eigenvalue weighted by Gasteiger charge is -2.30. The Morgan fingerprint density at radius 1 is 1.08 bits per heavy atom. The van der Waals surface area contributed by atoms with E-state index >= 15 is 0 Å². The molecule has 0 spiro atoms. The zero-order valence-electron chi connectivity index (χ0n) is 21.5. The molecule has 10 heteroatoms. The quantitative estimate of drug-likeness (QED) is 0.379. The van der Waals surface area contributed by atoms with Crippen LogP contribution in [0.2, 0.25) is 0 Å². The van der Waals surface area contributed by atoms with E-state index in [9.17, 15) is 18.0 Å².